The highest BCUT2D eigenvalue weighted by Crippen LogP contribution is 2.37. The van der Waals surface area contributed by atoms with Crippen LogP contribution in [-0.4, -0.2) is 25.0 Å². The van der Waals surface area contributed by atoms with Crippen LogP contribution >= 0.6 is 15.9 Å². The van der Waals surface area contributed by atoms with E-state index in [0.717, 1.165) is 4.47 Å². The van der Waals surface area contributed by atoms with Crippen LogP contribution in [-0.2, 0) is 0 Å². The number of amides is 2. The van der Waals surface area contributed by atoms with Crippen molar-refractivity contribution in [2.24, 2.45) is 0 Å². The molecule has 0 saturated carbocycles. The Balaban J connectivity index is 1.93. The summed E-state index contributed by atoms with van der Waals surface area (Å²) in [5.74, 6) is 0.304. The molecule has 0 aromatic heterocycles. The fourth-order valence-electron chi connectivity index (χ4n) is 2.91. The lowest BCUT2D eigenvalue weighted by atomic mass is 10.1. The average molecular weight is 483 g/mol. The number of halogens is 1. The Morgan fingerprint density at radius 1 is 0.742 bits per heavy atom. The monoisotopic (exact) mass is 482 g/mol. The molecule has 3 rings (SSSR count). The maximum absolute atomic E-state index is 12.7. The first-order valence-electron chi connectivity index (χ1n) is 9.88. The van der Waals surface area contributed by atoms with Gasteiger partial charge in [0.05, 0.1) is 24.6 Å². The van der Waals surface area contributed by atoms with Crippen molar-refractivity contribution in [3.05, 3.63) is 82.3 Å². The average Bonchev–Trinajstić information content (AvgIpc) is 2.77. The number of rotatable bonds is 8. The zero-order valence-electron chi connectivity index (χ0n) is 17.3. The minimum atomic E-state index is -0.286. The van der Waals surface area contributed by atoms with Crippen molar-refractivity contribution in [2.45, 2.75) is 13.8 Å². The van der Waals surface area contributed by atoms with Crippen molar-refractivity contribution in [3.63, 3.8) is 0 Å². The quantitative estimate of drug-likeness (QED) is 0.428. The van der Waals surface area contributed by atoms with Gasteiger partial charge in [0.25, 0.3) is 11.8 Å². The Kier molecular flexibility index (Phi) is 7.67. The van der Waals surface area contributed by atoms with Crippen molar-refractivity contribution >= 4 is 39.1 Å². The molecule has 0 bridgehead atoms. The number of hydrogen-bond acceptors (Lipinski definition) is 4. The Morgan fingerprint density at radius 2 is 1.26 bits per heavy atom. The van der Waals surface area contributed by atoms with E-state index in [4.69, 9.17) is 9.47 Å². The van der Waals surface area contributed by atoms with E-state index in [1.54, 1.807) is 54.6 Å². The molecule has 0 saturated heterocycles. The van der Waals surface area contributed by atoms with Crippen LogP contribution in [0.5, 0.6) is 11.5 Å². The fourth-order valence-corrected chi connectivity index (χ4v) is 3.31. The molecule has 0 aliphatic carbocycles. The van der Waals surface area contributed by atoms with Crippen LogP contribution in [0.15, 0.2) is 71.2 Å². The van der Waals surface area contributed by atoms with Gasteiger partial charge in [-0.05, 0) is 44.2 Å². The summed E-state index contributed by atoms with van der Waals surface area (Å²) in [6.07, 6.45) is 0. The first-order valence-corrected chi connectivity index (χ1v) is 10.7. The molecule has 0 fully saturated rings. The number of carbonyl (C=O) groups is 2. The summed E-state index contributed by atoms with van der Waals surface area (Å²) in [6.45, 7) is 4.47. The first-order chi connectivity index (χ1) is 15.0. The van der Waals surface area contributed by atoms with Crippen molar-refractivity contribution in [1.82, 2.24) is 0 Å². The standard InChI is InChI=1S/C24H23BrN2O4/c1-3-30-21-15-20(27-24(29)17-11-8-12-18(25)13-17)22(31-4-2)14-19(21)26-23(28)16-9-6-5-7-10-16/h5-15H,3-4H2,1-2H3,(H,26,28)(H,27,29). The van der Waals surface area contributed by atoms with Crippen molar-refractivity contribution in [1.29, 1.82) is 0 Å². The molecule has 160 valence electrons. The Morgan fingerprint density at radius 3 is 1.77 bits per heavy atom. The highest BCUT2D eigenvalue weighted by molar-refractivity contribution is 9.10. The van der Waals surface area contributed by atoms with Crippen LogP contribution in [0.4, 0.5) is 11.4 Å². The largest absolute Gasteiger partial charge is 0.492 e. The molecule has 31 heavy (non-hydrogen) atoms. The number of benzene rings is 3. The molecule has 0 radical (unpaired) electrons. The van der Waals surface area contributed by atoms with Crippen LogP contribution in [0.3, 0.4) is 0 Å². The number of hydrogen-bond donors (Lipinski definition) is 2. The van der Waals surface area contributed by atoms with Crippen LogP contribution in [0.25, 0.3) is 0 Å². The Labute approximate surface area is 189 Å². The molecule has 0 heterocycles. The summed E-state index contributed by atoms with van der Waals surface area (Å²) in [5.41, 5.74) is 1.93. The smallest absolute Gasteiger partial charge is 0.255 e. The van der Waals surface area contributed by atoms with Crippen LogP contribution in [0.2, 0.25) is 0 Å². The van der Waals surface area contributed by atoms with Crippen molar-refractivity contribution < 1.29 is 19.1 Å². The summed E-state index contributed by atoms with van der Waals surface area (Å²) in [5, 5.41) is 5.74. The molecular weight excluding hydrogens is 460 g/mol. The zero-order chi connectivity index (χ0) is 22.2. The number of carbonyl (C=O) groups excluding carboxylic acids is 2. The van der Waals surface area contributed by atoms with E-state index in [1.807, 2.05) is 26.0 Å². The van der Waals surface area contributed by atoms with Gasteiger partial charge in [0.15, 0.2) is 0 Å². The van der Waals surface area contributed by atoms with Crippen LogP contribution in [0.1, 0.15) is 34.6 Å². The van der Waals surface area contributed by atoms with E-state index < -0.39 is 0 Å². The van der Waals surface area contributed by atoms with Gasteiger partial charge in [-0.25, -0.2) is 0 Å². The highest BCUT2D eigenvalue weighted by atomic mass is 79.9. The molecular formula is C24H23BrN2O4. The second-order valence-electron chi connectivity index (χ2n) is 6.50. The summed E-state index contributed by atoms with van der Waals surface area (Å²) in [6, 6.07) is 19.3. The Bertz CT molecular complexity index is 1070. The van der Waals surface area contributed by atoms with Gasteiger partial charge in [-0.15, -0.1) is 0 Å². The predicted molar refractivity (Wildman–Crippen MR) is 125 cm³/mol. The highest BCUT2D eigenvalue weighted by Gasteiger charge is 2.17. The summed E-state index contributed by atoms with van der Waals surface area (Å²) in [4.78, 5) is 25.4. The minimum absolute atomic E-state index is 0.269. The van der Waals surface area contributed by atoms with Crippen LogP contribution < -0.4 is 20.1 Å². The zero-order valence-corrected chi connectivity index (χ0v) is 18.9. The summed E-state index contributed by atoms with van der Waals surface area (Å²) in [7, 11) is 0. The van der Waals surface area contributed by atoms with Gasteiger partial charge < -0.3 is 20.1 Å². The van der Waals surface area contributed by atoms with Gasteiger partial charge in [-0.3, -0.25) is 9.59 Å². The number of nitrogens with one attached hydrogen (secondary N) is 2. The number of ether oxygens (including phenoxy) is 2. The molecule has 0 aliphatic heterocycles. The molecule has 6 nitrogen and oxygen atoms in total. The summed E-state index contributed by atoms with van der Waals surface area (Å²) >= 11 is 3.37. The van der Waals surface area contributed by atoms with E-state index >= 15 is 0 Å². The summed E-state index contributed by atoms with van der Waals surface area (Å²) < 4.78 is 12.3. The third-order valence-electron chi connectivity index (χ3n) is 4.30. The molecule has 7 heteroatoms. The van der Waals surface area contributed by atoms with Gasteiger partial charge in [0.2, 0.25) is 0 Å². The van der Waals surface area contributed by atoms with E-state index in [2.05, 4.69) is 26.6 Å². The second-order valence-corrected chi connectivity index (χ2v) is 7.41. The molecule has 0 spiro atoms. The fraction of sp³-hybridized carbons (Fsp3) is 0.167. The lowest BCUT2D eigenvalue weighted by Gasteiger charge is -2.18. The predicted octanol–water partition coefficient (Wildman–Crippen LogP) is 5.75. The van der Waals surface area contributed by atoms with E-state index in [9.17, 15) is 9.59 Å². The molecule has 2 amide bonds. The normalized spacial score (nSPS) is 10.3. The lowest BCUT2D eigenvalue weighted by Crippen LogP contribution is -2.15. The van der Waals surface area contributed by atoms with Gasteiger partial charge in [-0.2, -0.15) is 0 Å². The molecule has 2 N–H and O–H groups in total. The van der Waals surface area contributed by atoms with Gasteiger partial charge in [0, 0.05) is 27.7 Å². The van der Waals surface area contributed by atoms with Crippen molar-refractivity contribution in [3.8, 4) is 11.5 Å². The third-order valence-corrected chi connectivity index (χ3v) is 4.79. The molecule has 0 aliphatic rings. The third kappa shape index (κ3) is 5.86. The van der Waals surface area contributed by atoms with E-state index in [-0.39, 0.29) is 11.8 Å². The lowest BCUT2D eigenvalue weighted by molar-refractivity contribution is 0.101. The molecule has 0 unspecified atom stereocenters. The maximum atomic E-state index is 12.7. The first kappa shape index (κ1) is 22.4. The van der Waals surface area contributed by atoms with Gasteiger partial charge in [-0.1, -0.05) is 40.2 Å². The SMILES string of the molecule is CCOc1cc(NC(=O)c2cccc(Br)c2)c(OCC)cc1NC(=O)c1ccccc1. The van der Waals surface area contributed by atoms with Crippen LogP contribution in [0, 0.1) is 0 Å². The minimum Gasteiger partial charge on any atom is -0.492 e. The number of anilines is 2. The molecule has 0 atom stereocenters. The maximum Gasteiger partial charge on any atom is 0.255 e. The van der Waals surface area contributed by atoms with Gasteiger partial charge in [0.1, 0.15) is 11.5 Å². The van der Waals surface area contributed by atoms with E-state index in [1.165, 1.54) is 0 Å². The second kappa shape index (κ2) is 10.6. The molecule has 3 aromatic rings. The van der Waals surface area contributed by atoms with Gasteiger partial charge >= 0.3 is 0 Å². The van der Waals surface area contributed by atoms with E-state index in [0.29, 0.717) is 47.2 Å². The Hall–Kier alpha value is -3.32. The van der Waals surface area contributed by atoms with Crippen molar-refractivity contribution in [2.75, 3.05) is 23.8 Å². The topological polar surface area (TPSA) is 76.7 Å². The molecule has 3 aromatic carbocycles.